The largest absolute Gasteiger partial charge is 0.493 e. The topological polar surface area (TPSA) is 111 Å². The third-order valence-electron chi connectivity index (χ3n) is 3.26. The average Bonchev–Trinajstić information content (AvgIpc) is 3.09. The molecule has 8 nitrogen and oxygen atoms in total. The minimum absolute atomic E-state index is 0.0128. The number of para-hydroxylation sites is 1. The van der Waals surface area contributed by atoms with Crippen molar-refractivity contribution in [1.82, 2.24) is 15.5 Å². The van der Waals surface area contributed by atoms with E-state index in [1.165, 1.54) is 6.08 Å². The summed E-state index contributed by atoms with van der Waals surface area (Å²) < 4.78 is 33.4. The van der Waals surface area contributed by atoms with E-state index in [1.807, 2.05) is 31.2 Å². The van der Waals surface area contributed by atoms with E-state index in [0.717, 1.165) is 18.2 Å². The van der Waals surface area contributed by atoms with E-state index < -0.39 is 21.1 Å². The molecular weight excluding hydrogens is 358 g/mol. The average molecular weight is 379 g/mol. The van der Waals surface area contributed by atoms with Crippen LogP contribution < -0.4 is 10.1 Å². The Morgan fingerprint density at radius 1 is 1.35 bits per heavy atom. The molecular formula is C17H21N3O5S. The Balaban J connectivity index is 2.02. The normalized spacial score (nSPS) is 12.9. The zero-order valence-electron chi connectivity index (χ0n) is 14.8. The predicted molar refractivity (Wildman–Crippen MR) is 95.2 cm³/mol. The molecule has 0 radical (unpaired) electrons. The molecule has 2 rings (SSSR count). The Morgan fingerprint density at radius 2 is 2.08 bits per heavy atom. The molecule has 1 aromatic carbocycles. The van der Waals surface area contributed by atoms with Crippen LogP contribution in [0.3, 0.4) is 0 Å². The smallest absolute Gasteiger partial charge is 0.335 e. The van der Waals surface area contributed by atoms with Gasteiger partial charge < -0.3 is 14.5 Å². The number of rotatable bonds is 8. The highest BCUT2D eigenvalue weighted by atomic mass is 32.2. The highest BCUT2D eigenvalue weighted by molar-refractivity contribution is 7.90. The molecule has 0 spiro atoms. The minimum atomic E-state index is -3.58. The number of carbonyl (C=O) groups is 1. The van der Waals surface area contributed by atoms with Gasteiger partial charge in [0.15, 0.2) is 0 Å². The van der Waals surface area contributed by atoms with Crippen LogP contribution in [0.5, 0.6) is 5.75 Å². The van der Waals surface area contributed by atoms with Gasteiger partial charge in [0.2, 0.25) is 21.6 Å². The van der Waals surface area contributed by atoms with E-state index in [4.69, 9.17) is 9.15 Å². The summed E-state index contributed by atoms with van der Waals surface area (Å²) in [7, 11) is -3.58. The van der Waals surface area contributed by atoms with Gasteiger partial charge in [-0.2, -0.15) is 0 Å². The van der Waals surface area contributed by atoms with Gasteiger partial charge in [-0.25, -0.2) is 8.42 Å². The molecule has 1 heterocycles. The maximum Gasteiger partial charge on any atom is 0.335 e. The molecule has 1 amide bonds. The summed E-state index contributed by atoms with van der Waals surface area (Å²) in [6, 6.07) is 6.75. The summed E-state index contributed by atoms with van der Waals surface area (Å²) in [5.74, 6) is 0.321. The number of benzene rings is 1. The lowest BCUT2D eigenvalue weighted by atomic mass is 10.2. The lowest BCUT2D eigenvalue weighted by molar-refractivity contribution is -0.117. The molecule has 0 fully saturated rings. The Kier molecular flexibility index (Phi) is 6.51. The van der Waals surface area contributed by atoms with Gasteiger partial charge in [0.25, 0.3) is 0 Å². The lowest BCUT2D eigenvalue weighted by Crippen LogP contribution is -2.24. The van der Waals surface area contributed by atoms with Crippen molar-refractivity contribution in [2.75, 3.05) is 12.9 Å². The molecule has 0 bridgehead atoms. The number of nitrogens with one attached hydrogen (secondary N) is 1. The zero-order valence-corrected chi connectivity index (χ0v) is 15.6. The third kappa shape index (κ3) is 5.41. The summed E-state index contributed by atoms with van der Waals surface area (Å²) in [5, 5.41) is 9.26. The molecule has 0 unspecified atom stereocenters. The highest BCUT2D eigenvalue weighted by Crippen LogP contribution is 2.20. The van der Waals surface area contributed by atoms with Crippen LogP contribution in [0.15, 0.2) is 40.0 Å². The van der Waals surface area contributed by atoms with Gasteiger partial charge in [-0.1, -0.05) is 30.2 Å². The SMILES string of the molecule is CCCOc1ccccc1/C=C/C(=O)N[C@@H](C)c1nnc(S(C)(=O)=O)o1. The van der Waals surface area contributed by atoms with Crippen LogP contribution in [0.4, 0.5) is 0 Å². The van der Waals surface area contributed by atoms with Gasteiger partial charge in [0.1, 0.15) is 11.8 Å². The molecule has 0 aliphatic heterocycles. The molecule has 1 aromatic heterocycles. The van der Waals surface area contributed by atoms with Crippen LogP contribution in [0, 0.1) is 0 Å². The fourth-order valence-electron chi connectivity index (χ4n) is 2.00. The van der Waals surface area contributed by atoms with Crippen LogP contribution in [-0.2, 0) is 14.6 Å². The summed E-state index contributed by atoms with van der Waals surface area (Å²) in [5.41, 5.74) is 0.779. The fraction of sp³-hybridized carbons (Fsp3) is 0.353. The Labute approximate surface area is 152 Å². The molecule has 1 atom stereocenters. The van der Waals surface area contributed by atoms with Crippen molar-refractivity contribution in [3.05, 3.63) is 41.8 Å². The maximum atomic E-state index is 12.1. The number of carbonyl (C=O) groups excluding carboxylic acids is 1. The van der Waals surface area contributed by atoms with Crippen LogP contribution in [0.25, 0.3) is 6.08 Å². The minimum Gasteiger partial charge on any atom is -0.493 e. The number of hydrogen-bond acceptors (Lipinski definition) is 7. The molecule has 0 aliphatic rings. The van der Waals surface area contributed by atoms with Crippen molar-refractivity contribution in [2.45, 2.75) is 31.5 Å². The van der Waals surface area contributed by atoms with E-state index in [9.17, 15) is 13.2 Å². The summed E-state index contributed by atoms with van der Waals surface area (Å²) >= 11 is 0. The number of aromatic nitrogens is 2. The number of amides is 1. The van der Waals surface area contributed by atoms with E-state index in [0.29, 0.717) is 12.4 Å². The van der Waals surface area contributed by atoms with Gasteiger partial charge in [-0.15, -0.1) is 5.10 Å². The molecule has 1 N–H and O–H groups in total. The van der Waals surface area contributed by atoms with Crippen molar-refractivity contribution >= 4 is 21.8 Å². The van der Waals surface area contributed by atoms with Crippen LogP contribution in [-0.4, -0.2) is 37.4 Å². The zero-order chi connectivity index (χ0) is 19.2. The van der Waals surface area contributed by atoms with Crippen LogP contribution in [0.2, 0.25) is 0 Å². The first-order chi connectivity index (χ1) is 12.3. The molecule has 0 saturated heterocycles. The van der Waals surface area contributed by atoms with Gasteiger partial charge >= 0.3 is 5.22 Å². The number of sulfone groups is 1. The maximum absolute atomic E-state index is 12.1. The first-order valence-electron chi connectivity index (χ1n) is 8.05. The Hall–Kier alpha value is -2.68. The first-order valence-corrected chi connectivity index (χ1v) is 9.94. The standard InChI is InChI=1S/C17H21N3O5S/c1-4-11-24-14-8-6-5-7-13(14)9-10-15(21)18-12(2)16-19-20-17(25-16)26(3,22)23/h5-10,12H,4,11H2,1-3H3,(H,18,21)/b10-9+/t12-/m0/s1. The lowest BCUT2D eigenvalue weighted by Gasteiger charge is -2.09. The quantitative estimate of drug-likeness (QED) is 0.700. The molecule has 2 aromatic rings. The van der Waals surface area contributed by atoms with Crippen molar-refractivity contribution in [1.29, 1.82) is 0 Å². The van der Waals surface area contributed by atoms with Crippen molar-refractivity contribution in [3.8, 4) is 5.75 Å². The second-order valence-corrected chi connectivity index (χ2v) is 7.52. The van der Waals surface area contributed by atoms with Gasteiger partial charge in [-0.3, -0.25) is 4.79 Å². The van der Waals surface area contributed by atoms with Crippen LogP contribution >= 0.6 is 0 Å². The van der Waals surface area contributed by atoms with Crippen molar-refractivity contribution < 1.29 is 22.4 Å². The highest BCUT2D eigenvalue weighted by Gasteiger charge is 2.20. The van der Waals surface area contributed by atoms with E-state index in [1.54, 1.807) is 13.0 Å². The van der Waals surface area contributed by atoms with Gasteiger partial charge in [0, 0.05) is 17.9 Å². The van der Waals surface area contributed by atoms with Gasteiger partial charge in [0.05, 0.1) is 6.61 Å². The van der Waals surface area contributed by atoms with Crippen LogP contribution in [0.1, 0.15) is 37.8 Å². The summed E-state index contributed by atoms with van der Waals surface area (Å²) in [6.07, 6.45) is 4.85. The second-order valence-electron chi connectivity index (χ2n) is 5.63. The summed E-state index contributed by atoms with van der Waals surface area (Å²) in [4.78, 5) is 12.1. The van der Waals surface area contributed by atoms with E-state index in [2.05, 4.69) is 15.5 Å². The first kappa shape index (κ1) is 19.6. The van der Waals surface area contributed by atoms with E-state index >= 15 is 0 Å². The van der Waals surface area contributed by atoms with E-state index in [-0.39, 0.29) is 11.8 Å². The predicted octanol–water partition coefficient (Wildman–Crippen LogP) is 2.15. The Bertz CT molecular complexity index is 889. The van der Waals surface area contributed by atoms with Gasteiger partial charge in [-0.05, 0) is 25.5 Å². The molecule has 0 aliphatic carbocycles. The molecule has 9 heteroatoms. The second kappa shape index (κ2) is 8.61. The van der Waals surface area contributed by atoms with Crippen molar-refractivity contribution in [2.24, 2.45) is 0 Å². The fourth-order valence-corrected chi connectivity index (χ4v) is 2.42. The van der Waals surface area contributed by atoms with Crippen molar-refractivity contribution in [3.63, 3.8) is 0 Å². The molecule has 26 heavy (non-hydrogen) atoms. The molecule has 140 valence electrons. The number of nitrogens with zero attached hydrogens (tertiary/aromatic N) is 2. The number of hydrogen-bond donors (Lipinski definition) is 1. The Morgan fingerprint density at radius 3 is 2.73 bits per heavy atom. The molecule has 0 saturated carbocycles. The number of ether oxygens (including phenoxy) is 1. The third-order valence-corrected chi connectivity index (χ3v) is 4.06. The monoisotopic (exact) mass is 379 g/mol. The summed E-state index contributed by atoms with van der Waals surface area (Å²) in [6.45, 7) is 4.22.